The SMILES string of the molecule is Cc1cc(Nc2ccccc2C(=O)O)nc(Nc2c(F)cccc2F)n1. The Morgan fingerprint density at radius 2 is 1.69 bits per heavy atom. The van der Waals surface area contributed by atoms with Crippen LogP contribution in [0.15, 0.2) is 48.5 Å². The molecule has 3 aromatic rings. The molecule has 26 heavy (non-hydrogen) atoms. The zero-order chi connectivity index (χ0) is 18.7. The van der Waals surface area contributed by atoms with Crippen molar-refractivity contribution < 1.29 is 18.7 Å². The van der Waals surface area contributed by atoms with Gasteiger partial charge in [0.1, 0.15) is 23.1 Å². The van der Waals surface area contributed by atoms with Crippen LogP contribution in [0.4, 0.5) is 31.9 Å². The smallest absolute Gasteiger partial charge is 0.337 e. The molecule has 132 valence electrons. The number of carboxylic acid groups (broad SMARTS) is 1. The number of hydrogen-bond donors (Lipinski definition) is 3. The summed E-state index contributed by atoms with van der Waals surface area (Å²) in [6.45, 7) is 1.68. The van der Waals surface area contributed by atoms with Crippen molar-refractivity contribution in [1.29, 1.82) is 0 Å². The van der Waals surface area contributed by atoms with E-state index in [0.29, 0.717) is 11.4 Å². The second-order valence-electron chi connectivity index (χ2n) is 5.42. The normalized spacial score (nSPS) is 10.4. The van der Waals surface area contributed by atoms with Crippen LogP contribution >= 0.6 is 0 Å². The Balaban J connectivity index is 1.93. The van der Waals surface area contributed by atoms with Crippen molar-refractivity contribution in [1.82, 2.24) is 9.97 Å². The maximum absolute atomic E-state index is 13.8. The summed E-state index contributed by atoms with van der Waals surface area (Å²) < 4.78 is 27.6. The molecule has 0 unspecified atom stereocenters. The molecule has 0 bridgehead atoms. The first kappa shape index (κ1) is 17.3. The fourth-order valence-electron chi connectivity index (χ4n) is 2.33. The zero-order valence-corrected chi connectivity index (χ0v) is 13.6. The van der Waals surface area contributed by atoms with Crippen LogP contribution in [0.2, 0.25) is 0 Å². The standard InChI is InChI=1S/C18H14F2N4O2/c1-10-9-15(22-14-8-3-2-5-11(14)17(25)26)23-18(21-10)24-16-12(19)6-4-7-13(16)20/h2-9H,1H3,(H,25,26)(H2,21,22,23,24). The lowest BCUT2D eigenvalue weighted by Gasteiger charge is -2.12. The highest BCUT2D eigenvalue weighted by atomic mass is 19.1. The average Bonchev–Trinajstić information content (AvgIpc) is 2.58. The van der Waals surface area contributed by atoms with Gasteiger partial charge in [0.15, 0.2) is 0 Å². The molecular formula is C18H14F2N4O2. The third-order valence-corrected chi connectivity index (χ3v) is 3.47. The summed E-state index contributed by atoms with van der Waals surface area (Å²) in [5, 5.41) is 14.6. The number of carboxylic acids is 1. The molecular weight excluding hydrogens is 342 g/mol. The van der Waals surface area contributed by atoms with Crippen molar-refractivity contribution in [2.45, 2.75) is 6.92 Å². The molecule has 2 aromatic carbocycles. The van der Waals surface area contributed by atoms with Gasteiger partial charge in [-0.2, -0.15) is 4.98 Å². The zero-order valence-electron chi connectivity index (χ0n) is 13.6. The van der Waals surface area contributed by atoms with Crippen molar-refractivity contribution in [3.63, 3.8) is 0 Å². The van der Waals surface area contributed by atoms with E-state index in [0.717, 1.165) is 12.1 Å². The Kier molecular flexibility index (Phi) is 4.74. The fraction of sp³-hybridized carbons (Fsp3) is 0.0556. The average molecular weight is 356 g/mol. The lowest BCUT2D eigenvalue weighted by Crippen LogP contribution is -2.07. The van der Waals surface area contributed by atoms with Gasteiger partial charge in [0.05, 0.1) is 11.3 Å². The van der Waals surface area contributed by atoms with E-state index in [-0.39, 0.29) is 23.0 Å². The second-order valence-corrected chi connectivity index (χ2v) is 5.42. The number of aromatic nitrogens is 2. The number of nitrogens with zero attached hydrogens (tertiary/aromatic N) is 2. The Bertz CT molecular complexity index is 959. The third-order valence-electron chi connectivity index (χ3n) is 3.47. The summed E-state index contributed by atoms with van der Waals surface area (Å²) in [5.74, 6) is -2.39. The Morgan fingerprint density at radius 3 is 2.38 bits per heavy atom. The molecule has 0 atom stereocenters. The summed E-state index contributed by atoms with van der Waals surface area (Å²) in [4.78, 5) is 19.5. The van der Waals surface area contributed by atoms with Crippen LogP contribution in [0, 0.1) is 18.6 Å². The molecule has 0 aliphatic carbocycles. The molecule has 1 aromatic heterocycles. The highest BCUT2D eigenvalue weighted by Crippen LogP contribution is 2.24. The van der Waals surface area contributed by atoms with E-state index < -0.39 is 17.6 Å². The van der Waals surface area contributed by atoms with Crippen LogP contribution in [0.3, 0.4) is 0 Å². The van der Waals surface area contributed by atoms with Crippen LogP contribution in [-0.4, -0.2) is 21.0 Å². The Hall–Kier alpha value is -3.55. The molecule has 3 N–H and O–H groups in total. The van der Waals surface area contributed by atoms with Crippen molar-refractivity contribution in [3.05, 3.63) is 71.4 Å². The summed E-state index contributed by atoms with van der Waals surface area (Å²) in [5.41, 5.74) is 0.559. The van der Waals surface area contributed by atoms with Gasteiger partial charge in [-0.3, -0.25) is 0 Å². The Morgan fingerprint density at radius 1 is 1.00 bits per heavy atom. The number of nitrogens with one attached hydrogen (secondary N) is 2. The monoisotopic (exact) mass is 356 g/mol. The highest BCUT2D eigenvalue weighted by molar-refractivity contribution is 5.95. The van der Waals surface area contributed by atoms with Gasteiger partial charge in [0, 0.05) is 11.8 Å². The fourth-order valence-corrected chi connectivity index (χ4v) is 2.33. The minimum atomic E-state index is -1.09. The lowest BCUT2D eigenvalue weighted by atomic mass is 10.2. The summed E-state index contributed by atoms with van der Waals surface area (Å²) in [6, 6.07) is 11.4. The van der Waals surface area contributed by atoms with Crippen molar-refractivity contribution in [2.24, 2.45) is 0 Å². The van der Waals surface area contributed by atoms with E-state index in [1.165, 1.54) is 12.1 Å². The van der Waals surface area contributed by atoms with Crippen molar-refractivity contribution in [2.75, 3.05) is 10.6 Å². The van der Waals surface area contributed by atoms with Crippen molar-refractivity contribution >= 4 is 29.1 Å². The number of anilines is 4. The number of halogens is 2. The maximum atomic E-state index is 13.8. The number of hydrogen-bond acceptors (Lipinski definition) is 5. The first-order valence-corrected chi connectivity index (χ1v) is 7.60. The number of para-hydroxylation sites is 2. The van der Waals surface area contributed by atoms with E-state index in [4.69, 9.17) is 0 Å². The maximum Gasteiger partial charge on any atom is 0.337 e. The molecule has 3 rings (SSSR count). The molecule has 0 saturated heterocycles. The van der Waals surface area contributed by atoms with Crippen LogP contribution in [0.25, 0.3) is 0 Å². The van der Waals surface area contributed by atoms with E-state index in [1.54, 1.807) is 31.2 Å². The topological polar surface area (TPSA) is 87.1 Å². The molecule has 6 nitrogen and oxygen atoms in total. The van der Waals surface area contributed by atoms with E-state index >= 15 is 0 Å². The number of carbonyl (C=O) groups is 1. The lowest BCUT2D eigenvalue weighted by molar-refractivity contribution is 0.0698. The molecule has 0 fully saturated rings. The van der Waals surface area contributed by atoms with Crippen molar-refractivity contribution in [3.8, 4) is 0 Å². The van der Waals surface area contributed by atoms with Gasteiger partial charge in [0.2, 0.25) is 5.95 Å². The summed E-state index contributed by atoms with van der Waals surface area (Å²) in [6.07, 6.45) is 0. The third kappa shape index (κ3) is 3.75. The summed E-state index contributed by atoms with van der Waals surface area (Å²) in [7, 11) is 0. The first-order valence-electron chi connectivity index (χ1n) is 7.60. The van der Waals surface area contributed by atoms with E-state index in [1.807, 2.05) is 0 Å². The number of aromatic carboxylic acids is 1. The molecule has 0 radical (unpaired) electrons. The van der Waals surface area contributed by atoms with E-state index in [2.05, 4.69) is 20.6 Å². The number of benzene rings is 2. The molecule has 0 saturated carbocycles. The van der Waals surface area contributed by atoms with Crippen LogP contribution in [-0.2, 0) is 0 Å². The van der Waals surface area contributed by atoms with Crippen LogP contribution in [0.5, 0.6) is 0 Å². The van der Waals surface area contributed by atoms with Gasteiger partial charge in [-0.25, -0.2) is 18.6 Å². The molecule has 0 aliphatic rings. The van der Waals surface area contributed by atoms with Gasteiger partial charge in [-0.15, -0.1) is 0 Å². The van der Waals surface area contributed by atoms with Gasteiger partial charge >= 0.3 is 5.97 Å². The predicted molar refractivity (Wildman–Crippen MR) is 93.1 cm³/mol. The highest BCUT2D eigenvalue weighted by Gasteiger charge is 2.13. The molecule has 8 heteroatoms. The van der Waals surface area contributed by atoms with Gasteiger partial charge < -0.3 is 15.7 Å². The minimum absolute atomic E-state index is 0.0238. The predicted octanol–water partition coefficient (Wildman–Crippen LogP) is 4.25. The van der Waals surface area contributed by atoms with Gasteiger partial charge in [-0.05, 0) is 31.2 Å². The van der Waals surface area contributed by atoms with Gasteiger partial charge in [-0.1, -0.05) is 18.2 Å². The first-order chi connectivity index (χ1) is 12.4. The quantitative estimate of drug-likeness (QED) is 0.634. The second kappa shape index (κ2) is 7.14. The van der Waals surface area contributed by atoms with Gasteiger partial charge in [0.25, 0.3) is 0 Å². The van der Waals surface area contributed by atoms with Crippen LogP contribution in [0.1, 0.15) is 16.1 Å². The molecule has 0 spiro atoms. The largest absolute Gasteiger partial charge is 0.478 e. The number of aryl methyl sites for hydroxylation is 1. The minimum Gasteiger partial charge on any atom is -0.478 e. The Labute approximate surface area is 147 Å². The number of rotatable bonds is 5. The molecule has 0 amide bonds. The van der Waals surface area contributed by atoms with E-state index in [9.17, 15) is 18.7 Å². The molecule has 0 aliphatic heterocycles. The molecule has 1 heterocycles. The summed E-state index contributed by atoms with van der Waals surface area (Å²) >= 11 is 0. The van der Waals surface area contributed by atoms with Crippen LogP contribution < -0.4 is 10.6 Å².